The molecule has 1 aliphatic heterocycles. The first-order chi connectivity index (χ1) is 12.8. The van der Waals surface area contributed by atoms with E-state index in [1.807, 2.05) is 42.2 Å². The van der Waals surface area contributed by atoms with Crippen molar-refractivity contribution in [2.45, 2.75) is 32.2 Å². The maximum Gasteiger partial charge on any atom is 0.272 e. The van der Waals surface area contributed by atoms with Crippen LogP contribution in [0.15, 0.2) is 42.6 Å². The number of piperidine rings is 1. The highest BCUT2D eigenvalue weighted by Crippen LogP contribution is 2.27. The largest absolute Gasteiger partial charge is 0.337 e. The van der Waals surface area contributed by atoms with Crippen LogP contribution in [0.1, 0.15) is 42.0 Å². The first-order valence-electron chi connectivity index (χ1n) is 9.05. The van der Waals surface area contributed by atoms with Crippen molar-refractivity contribution in [3.63, 3.8) is 0 Å². The molecule has 3 heterocycles. The van der Waals surface area contributed by atoms with Crippen molar-refractivity contribution >= 4 is 5.91 Å². The molecule has 0 aliphatic carbocycles. The van der Waals surface area contributed by atoms with E-state index in [4.69, 9.17) is 0 Å². The summed E-state index contributed by atoms with van der Waals surface area (Å²) in [5.41, 5.74) is 1.64. The minimum atomic E-state index is 0.0387. The van der Waals surface area contributed by atoms with Crippen LogP contribution in [0.3, 0.4) is 0 Å². The van der Waals surface area contributed by atoms with E-state index >= 15 is 0 Å². The molecular formula is C19H22N6O. The first-order valence-corrected chi connectivity index (χ1v) is 9.05. The Morgan fingerprint density at radius 1 is 1.27 bits per heavy atom. The summed E-state index contributed by atoms with van der Waals surface area (Å²) in [6.07, 6.45) is 3.64. The van der Waals surface area contributed by atoms with Crippen LogP contribution in [-0.2, 0) is 6.54 Å². The van der Waals surface area contributed by atoms with Crippen LogP contribution in [-0.4, -0.2) is 48.9 Å². The topological polar surface area (TPSA) is 79.7 Å². The summed E-state index contributed by atoms with van der Waals surface area (Å²) < 4.78 is 1.74. The van der Waals surface area contributed by atoms with Gasteiger partial charge in [0.05, 0.1) is 0 Å². The van der Waals surface area contributed by atoms with Crippen molar-refractivity contribution in [1.29, 1.82) is 0 Å². The quantitative estimate of drug-likeness (QED) is 0.784. The number of H-pyrrole nitrogens is 1. The number of aromatic nitrogens is 5. The summed E-state index contributed by atoms with van der Waals surface area (Å²) in [5.74, 6) is 1.77. The normalized spacial score (nSPS) is 17.4. The van der Waals surface area contributed by atoms with E-state index in [0.29, 0.717) is 24.6 Å². The molecule has 1 aliphatic rings. The van der Waals surface area contributed by atoms with Crippen LogP contribution in [0.5, 0.6) is 0 Å². The number of aromatic amines is 1. The third-order valence-electron chi connectivity index (χ3n) is 4.87. The smallest absolute Gasteiger partial charge is 0.272 e. The Morgan fingerprint density at radius 2 is 2.12 bits per heavy atom. The number of benzene rings is 1. The molecule has 4 rings (SSSR count). The zero-order valence-corrected chi connectivity index (χ0v) is 14.8. The van der Waals surface area contributed by atoms with Crippen molar-refractivity contribution in [1.82, 2.24) is 29.9 Å². The molecule has 1 aromatic carbocycles. The van der Waals surface area contributed by atoms with Crippen LogP contribution in [0.4, 0.5) is 0 Å². The Balaban J connectivity index is 1.51. The SMILES string of the molecule is CCn1nccc1C(=O)N1CCCC(c2nc(-c3ccccc3)n[nH]2)C1. The molecule has 26 heavy (non-hydrogen) atoms. The molecule has 0 saturated carbocycles. The number of nitrogens with zero attached hydrogens (tertiary/aromatic N) is 5. The van der Waals surface area contributed by atoms with E-state index in [1.165, 1.54) is 0 Å². The van der Waals surface area contributed by atoms with Crippen LogP contribution in [0, 0.1) is 0 Å². The standard InChI is InChI=1S/C19H22N6O/c1-2-25-16(10-11-20-25)19(26)24-12-6-9-15(13-24)18-21-17(22-23-18)14-7-4-3-5-8-14/h3-5,7-8,10-11,15H,2,6,9,12-13H2,1H3,(H,21,22,23). The molecule has 0 spiro atoms. The minimum absolute atomic E-state index is 0.0387. The predicted octanol–water partition coefficient (Wildman–Crippen LogP) is 2.71. The van der Waals surface area contributed by atoms with Gasteiger partial charge in [-0.3, -0.25) is 14.6 Å². The molecule has 134 valence electrons. The van der Waals surface area contributed by atoms with E-state index in [2.05, 4.69) is 20.3 Å². The van der Waals surface area contributed by atoms with E-state index in [1.54, 1.807) is 16.9 Å². The highest BCUT2D eigenvalue weighted by Gasteiger charge is 2.29. The average Bonchev–Trinajstić information content (AvgIpc) is 3.37. The summed E-state index contributed by atoms with van der Waals surface area (Å²) in [5, 5.41) is 11.6. The average molecular weight is 350 g/mol. The van der Waals surface area contributed by atoms with Crippen LogP contribution < -0.4 is 0 Å². The number of aryl methyl sites for hydroxylation is 1. The molecule has 0 radical (unpaired) electrons. The fourth-order valence-corrected chi connectivity index (χ4v) is 3.49. The first kappa shape index (κ1) is 16.5. The van der Waals surface area contributed by atoms with Crippen molar-refractivity contribution in [3.8, 4) is 11.4 Å². The lowest BCUT2D eigenvalue weighted by Gasteiger charge is -2.31. The van der Waals surface area contributed by atoms with E-state index in [0.717, 1.165) is 30.8 Å². The number of likely N-dealkylation sites (tertiary alicyclic amines) is 1. The second kappa shape index (κ2) is 7.11. The molecule has 1 N–H and O–H groups in total. The van der Waals surface area contributed by atoms with Crippen LogP contribution in [0.25, 0.3) is 11.4 Å². The van der Waals surface area contributed by atoms with Gasteiger partial charge in [0, 0.05) is 37.3 Å². The van der Waals surface area contributed by atoms with Gasteiger partial charge < -0.3 is 4.90 Å². The molecule has 3 aromatic rings. The summed E-state index contributed by atoms with van der Waals surface area (Å²) >= 11 is 0. The summed E-state index contributed by atoms with van der Waals surface area (Å²) in [7, 11) is 0. The van der Waals surface area contributed by atoms with Crippen LogP contribution in [0.2, 0.25) is 0 Å². The van der Waals surface area contributed by atoms with Gasteiger partial charge in [-0.15, -0.1) is 0 Å². The summed E-state index contributed by atoms with van der Waals surface area (Å²) in [6, 6.07) is 11.7. The van der Waals surface area contributed by atoms with Gasteiger partial charge in [0.15, 0.2) is 5.82 Å². The Morgan fingerprint density at radius 3 is 2.92 bits per heavy atom. The molecule has 7 heteroatoms. The molecule has 1 fully saturated rings. The van der Waals surface area contributed by atoms with Gasteiger partial charge in [-0.05, 0) is 25.8 Å². The molecule has 0 bridgehead atoms. The second-order valence-electron chi connectivity index (χ2n) is 6.53. The lowest BCUT2D eigenvalue weighted by atomic mass is 9.97. The van der Waals surface area contributed by atoms with Crippen molar-refractivity contribution in [3.05, 3.63) is 54.1 Å². The zero-order valence-electron chi connectivity index (χ0n) is 14.8. The molecule has 1 saturated heterocycles. The highest BCUT2D eigenvalue weighted by molar-refractivity contribution is 5.92. The monoisotopic (exact) mass is 350 g/mol. The molecule has 2 aromatic heterocycles. The van der Waals surface area contributed by atoms with Crippen molar-refractivity contribution in [2.24, 2.45) is 0 Å². The van der Waals surface area contributed by atoms with Gasteiger partial charge >= 0.3 is 0 Å². The Labute approximate surface area is 152 Å². The number of nitrogens with one attached hydrogen (secondary N) is 1. The fourth-order valence-electron chi connectivity index (χ4n) is 3.49. The predicted molar refractivity (Wildman–Crippen MR) is 97.6 cm³/mol. The number of carbonyl (C=O) groups excluding carboxylic acids is 1. The van der Waals surface area contributed by atoms with Gasteiger partial charge in [0.1, 0.15) is 11.5 Å². The fraction of sp³-hybridized carbons (Fsp3) is 0.368. The molecule has 1 unspecified atom stereocenters. The number of carbonyl (C=O) groups is 1. The summed E-state index contributed by atoms with van der Waals surface area (Å²) in [6.45, 7) is 4.09. The van der Waals surface area contributed by atoms with E-state index in [9.17, 15) is 4.79 Å². The van der Waals surface area contributed by atoms with Crippen molar-refractivity contribution < 1.29 is 4.79 Å². The van der Waals surface area contributed by atoms with Gasteiger partial charge in [0.25, 0.3) is 5.91 Å². The number of rotatable bonds is 4. The number of hydrogen-bond donors (Lipinski definition) is 1. The zero-order chi connectivity index (χ0) is 17.9. The Hall–Kier alpha value is -2.96. The number of amides is 1. The Bertz CT molecular complexity index is 884. The Kier molecular flexibility index (Phi) is 4.51. The lowest BCUT2D eigenvalue weighted by Crippen LogP contribution is -2.40. The minimum Gasteiger partial charge on any atom is -0.337 e. The maximum absolute atomic E-state index is 12.9. The van der Waals surface area contributed by atoms with Gasteiger partial charge in [-0.2, -0.15) is 10.2 Å². The van der Waals surface area contributed by atoms with Gasteiger partial charge in [0.2, 0.25) is 0 Å². The third-order valence-corrected chi connectivity index (χ3v) is 4.87. The van der Waals surface area contributed by atoms with E-state index in [-0.39, 0.29) is 11.8 Å². The highest BCUT2D eigenvalue weighted by atomic mass is 16.2. The van der Waals surface area contributed by atoms with Gasteiger partial charge in [-0.1, -0.05) is 30.3 Å². The van der Waals surface area contributed by atoms with Gasteiger partial charge in [-0.25, -0.2) is 4.98 Å². The van der Waals surface area contributed by atoms with Crippen molar-refractivity contribution in [2.75, 3.05) is 13.1 Å². The molecule has 7 nitrogen and oxygen atoms in total. The van der Waals surface area contributed by atoms with E-state index < -0.39 is 0 Å². The van der Waals surface area contributed by atoms with Crippen LogP contribution >= 0.6 is 0 Å². The molecular weight excluding hydrogens is 328 g/mol. The third kappa shape index (κ3) is 3.12. The summed E-state index contributed by atoms with van der Waals surface area (Å²) in [4.78, 5) is 19.4. The number of hydrogen-bond acceptors (Lipinski definition) is 4. The lowest BCUT2D eigenvalue weighted by molar-refractivity contribution is 0.0692. The second-order valence-corrected chi connectivity index (χ2v) is 6.53. The molecule has 1 atom stereocenters. The maximum atomic E-state index is 12.9. The molecule has 1 amide bonds.